The van der Waals surface area contributed by atoms with Crippen LogP contribution in [-0.2, 0) is 0 Å². The monoisotopic (exact) mass is 231 g/mol. The van der Waals surface area contributed by atoms with E-state index in [1.807, 2.05) is 6.07 Å². The zero-order valence-corrected chi connectivity index (χ0v) is 9.18. The van der Waals surface area contributed by atoms with Crippen LogP contribution >= 0.6 is 15.9 Å². The molecule has 1 atom stereocenters. The molecule has 0 amide bonds. The van der Waals surface area contributed by atoms with Crippen molar-refractivity contribution in [3.05, 3.63) is 22.6 Å². The van der Waals surface area contributed by atoms with Crippen LogP contribution in [0.15, 0.2) is 21.2 Å². The molecule has 0 spiro atoms. The predicted molar refractivity (Wildman–Crippen MR) is 53.1 cm³/mol. The van der Waals surface area contributed by atoms with E-state index in [2.05, 4.69) is 42.0 Å². The van der Waals surface area contributed by atoms with E-state index in [1.54, 1.807) is 6.26 Å². The van der Waals surface area contributed by atoms with Crippen LogP contribution in [0.1, 0.15) is 32.6 Å². The van der Waals surface area contributed by atoms with Crippen LogP contribution in [-0.4, -0.2) is 6.04 Å². The molecular weight excluding hydrogens is 218 g/mol. The fraction of sp³-hybridized carbons (Fsp3) is 0.556. The molecule has 0 aliphatic carbocycles. The highest BCUT2D eigenvalue weighted by atomic mass is 79.9. The second-order valence-electron chi connectivity index (χ2n) is 3.18. The summed E-state index contributed by atoms with van der Waals surface area (Å²) >= 11 is 3.42. The molecule has 0 aromatic carbocycles. The number of halogens is 1. The molecule has 0 bridgehead atoms. The highest BCUT2D eigenvalue weighted by Gasteiger charge is 2.12. The van der Waals surface area contributed by atoms with E-state index in [-0.39, 0.29) is 6.04 Å². The van der Waals surface area contributed by atoms with Gasteiger partial charge in [-0.25, -0.2) is 0 Å². The summed E-state index contributed by atoms with van der Waals surface area (Å²) in [7, 11) is 0. The lowest BCUT2D eigenvalue weighted by atomic mass is 10.2. The molecule has 0 saturated carbocycles. The quantitative estimate of drug-likeness (QED) is 0.866. The van der Waals surface area contributed by atoms with Gasteiger partial charge in [-0.1, -0.05) is 13.8 Å². The molecule has 0 fully saturated rings. The first-order chi connectivity index (χ1) is 5.61. The van der Waals surface area contributed by atoms with Gasteiger partial charge in [-0.2, -0.15) is 0 Å². The average Bonchev–Trinajstić information content (AvgIpc) is 2.33. The van der Waals surface area contributed by atoms with E-state index in [1.165, 1.54) is 0 Å². The van der Waals surface area contributed by atoms with Crippen LogP contribution in [0.3, 0.4) is 0 Å². The van der Waals surface area contributed by atoms with Gasteiger partial charge >= 0.3 is 0 Å². The molecule has 1 aromatic heterocycles. The number of rotatable bonds is 3. The Morgan fingerprint density at radius 1 is 1.42 bits per heavy atom. The first-order valence-electron chi connectivity index (χ1n) is 4.10. The van der Waals surface area contributed by atoms with Crippen molar-refractivity contribution in [3.63, 3.8) is 0 Å². The minimum atomic E-state index is 0.259. The Morgan fingerprint density at radius 2 is 2.08 bits per heavy atom. The van der Waals surface area contributed by atoms with E-state index in [0.29, 0.717) is 6.04 Å². The Labute approximate surface area is 81.5 Å². The van der Waals surface area contributed by atoms with Gasteiger partial charge in [-0.05, 0) is 28.9 Å². The summed E-state index contributed by atoms with van der Waals surface area (Å²) in [6.45, 7) is 6.32. The van der Waals surface area contributed by atoms with Crippen LogP contribution in [0, 0.1) is 0 Å². The van der Waals surface area contributed by atoms with Crippen molar-refractivity contribution in [1.82, 2.24) is 5.32 Å². The smallest absolute Gasteiger partial charge is 0.134 e. The van der Waals surface area contributed by atoms with Gasteiger partial charge in [0.25, 0.3) is 0 Å². The molecule has 12 heavy (non-hydrogen) atoms. The fourth-order valence-electron chi connectivity index (χ4n) is 1.19. The molecule has 0 aliphatic rings. The van der Waals surface area contributed by atoms with E-state index in [9.17, 15) is 0 Å². The molecule has 1 aromatic rings. The second kappa shape index (κ2) is 4.10. The largest absolute Gasteiger partial charge is 0.466 e. The lowest BCUT2D eigenvalue weighted by Gasteiger charge is -2.14. The first kappa shape index (κ1) is 9.81. The molecule has 1 rings (SSSR count). The van der Waals surface area contributed by atoms with Crippen molar-refractivity contribution >= 4 is 15.9 Å². The van der Waals surface area contributed by atoms with E-state index in [4.69, 9.17) is 4.42 Å². The maximum Gasteiger partial charge on any atom is 0.134 e. The summed E-state index contributed by atoms with van der Waals surface area (Å²) in [5.41, 5.74) is 0. The van der Waals surface area contributed by atoms with Gasteiger partial charge < -0.3 is 9.73 Å². The number of hydrogen-bond acceptors (Lipinski definition) is 2. The van der Waals surface area contributed by atoms with Crippen LogP contribution in [0.25, 0.3) is 0 Å². The molecule has 1 heterocycles. The first-order valence-corrected chi connectivity index (χ1v) is 4.89. The summed E-state index contributed by atoms with van der Waals surface area (Å²) in [4.78, 5) is 0. The maximum atomic E-state index is 5.32. The van der Waals surface area contributed by atoms with Crippen LogP contribution in [0.5, 0.6) is 0 Å². The zero-order valence-electron chi connectivity index (χ0n) is 7.60. The zero-order chi connectivity index (χ0) is 9.14. The number of nitrogens with one attached hydrogen (secondary N) is 1. The second-order valence-corrected chi connectivity index (χ2v) is 4.03. The fourth-order valence-corrected chi connectivity index (χ4v) is 1.73. The number of hydrogen-bond donors (Lipinski definition) is 1. The van der Waals surface area contributed by atoms with Crippen LogP contribution in [0.4, 0.5) is 0 Å². The third-order valence-corrected chi connectivity index (χ3v) is 2.28. The summed E-state index contributed by atoms with van der Waals surface area (Å²) in [6, 6.07) is 2.64. The van der Waals surface area contributed by atoms with Gasteiger partial charge in [0.1, 0.15) is 5.76 Å². The topological polar surface area (TPSA) is 25.2 Å². The summed E-state index contributed by atoms with van der Waals surface area (Å²) in [6.07, 6.45) is 1.69. The van der Waals surface area contributed by atoms with Crippen molar-refractivity contribution < 1.29 is 4.42 Å². The van der Waals surface area contributed by atoms with Gasteiger partial charge in [0.15, 0.2) is 0 Å². The van der Waals surface area contributed by atoms with Gasteiger partial charge in [0.2, 0.25) is 0 Å². The molecule has 2 nitrogen and oxygen atoms in total. The van der Waals surface area contributed by atoms with Gasteiger partial charge in [0, 0.05) is 6.04 Å². The summed E-state index contributed by atoms with van der Waals surface area (Å²) < 4.78 is 6.35. The highest BCUT2D eigenvalue weighted by Crippen LogP contribution is 2.24. The van der Waals surface area contributed by atoms with Crippen LogP contribution < -0.4 is 5.32 Å². The van der Waals surface area contributed by atoms with Crippen molar-refractivity contribution in [2.75, 3.05) is 0 Å². The average molecular weight is 232 g/mol. The lowest BCUT2D eigenvalue weighted by molar-refractivity contribution is 0.406. The van der Waals surface area contributed by atoms with Crippen molar-refractivity contribution in [2.45, 2.75) is 32.9 Å². The third-order valence-electron chi connectivity index (χ3n) is 1.62. The SMILES string of the molecule is CC(C)NC(C)c1occc1Br. The van der Waals surface area contributed by atoms with Crippen molar-refractivity contribution in [1.29, 1.82) is 0 Å². The van der Waals surface area contributed by atoms with E-state index >= 15 is 0 Å². The lowest BCUT2D eigenvalue weighted by Crippen LogP contribution is -2.25. The Hall–Kier alpha value is -0.280. The molecule has 3 heteroatoms. The maximum absolute atomic E-state index is 5.32. The van der Waals surface area contributed by atoms with Crippen LogP contribution in [0.2, 0.25) is 0 Å². The Balaban J connectivity index is 2.65. The van der Waals surface area contributed by atoms with Gasteiger partial charge in [0.05, 0.1) is 16.8 Å². The Bertz CT molecular complexity index is 244. The molecular formula is C9H14BrNO. The normalized spacial score (nSPS) is 13.8. The number of furan rings is 1. The standard InChI is InChI=1S/C9H14BrNO/c1-6(2)11-7(3)9-8(10)4-5-12-9/h4-7,11H,1-3H3. The minimum Gasteiger partial charge on any atom is -0.466 e. The predicted octanol–water partition coefficient (Wildman–Crippen LogP) is 3.10. The Kier molecular flexibility index (Phi) is 3.35. The molecule has 0 saturated heterocycles. The summed E-state index contributed by atoms with van der Waals surface area (Å²) in [5.74, 6) is 0.962. The molecule has 1 N–H and O–H groups in total. The van der Waals surface area contributed by atoms with E-state index in [0.717, 1.165) is 10.2 Å². The molecule has 68 valence electrons. The third kappa shape index (κ3) is 2.35. The summed E-state index contributed by atoms with van der Waals surface area (Å²) in [5, 5.41) is 3.36. The Morgan fingerprint density at radius 3 is 2.50 bits per heavy atom. The van der Waals surface area contributed by atoms with Crippen molar-refractivity contribution in [3.8, 4) is 0 Å². The van der Waals surface area contributed by atoms with Crippen molar-refractivity contribution in [2.24, 2.45) is 0 Å². The minimum absolute atomic E-state index is 0.259. The molecule has 0 aliphatic heterocycles. The molecule has 0 radical (unpaired) electrons. The molecule has 1 unspecified atom stereocenters. The van der Waals surface area contributed by atoms with Gasteiger partial charge in [-0.15, -0.1) is 0 Å². The highest BCUT2D eigenvalue weighted by molar-refractivity contribution is 9.10. The van der Waals surface area contributed by atoms with E-state index < -0.39 is 0 Å². The van der Waals surface area contributed by atoms with Gasteiger partial charge in [-0.3, -0.25) is 0 Å².